The summed E-state index contributed by atoms with van der Waals surface area (Å²) in [7, 11) is 0. The number of aliphatic hydroxyl groups excluding tert-OH is 1. The minimum absolute atomic E-state index is 0.255. The second-order valence-corrected chi connectivity index (χ2v) is 5.34. The third kappa shape index (κ3) is 2.06. The molecular formula is C18H15NO2. The van der Waals surface area contributed by atoms with Crippen molar-refractivity contribution in [2.45, 2.75) is 18.6 Å². The van der Waals surface area contributed by atoms with E-state index in [1.807, 2.05) is 54.6 Å². The van der Waals surface area contributed by atoms with Gasteiger partial charge in [-0.25, -0.2) is 0 Å². The normalized spacial score (nSPS) is 18.2. The molecule has 0 fully saturated rings. The molecule has 0 saturated heterocycles. The summed E-state index contributed by atoms with van der Waals surface area (Å²) in [5.74, 6) is 0.870. The molecule has 3 heteroatoms. The van der Waals surface area contributed by atoms with Crippen LogP contribution in [0.1, 0.15) is 17.2 Å². The van der Waals surface area contributed by atoms with Crippen LogP contribution in [0.2, 0.25) is 0 Å². The molecule has 4 rings (SSSR count). The largest absolute Gasteiger partial charge is 0.487 e. The van der Waals surface area contributed by atoms with Crippen LogP contribution in [0, 0.1) is 0 Å². The molecule has 104 valence electrons. The van der Waals surface area contributed by atoms with Gasteiger partial charge < -0.3 is 9.84 Å². The molecule has 1 N–H and O–H groups in total. The molecule has 0 spiro atoms. The van der Waals surface area contributed by atoms with Crippen LogP contribution in [0.3, 0.4) is 0 Å². The van der Waals surface area contributed by atoms with Crippen molar-refractivity contribution in [2.24, 2.45) is 0 Å². The number of hydrogen-bond acceptors (Lipinski definition) is 3. The van der Waals surface area contributed by atoms with Crippen molar-refractivity contribution in [2.75, 3.05) is 0 Å². The quantitative estimate of drug-likeness (QED) is 0.781. The van der Waals surface area contributed by atoms with Gasteiger partial charge in [-0.15, -0.1) is 0 Å². The zero-order valence-corrected chi connectivity index (χ0v) is 11.4. The van der Waals surface area contributed by atoms with Crippen molar-refractivity contribution in [3.63, 3.8) is 0 Å². The van der Waals surface area contributed by atoms with Gasteiger partial charge in [-0.05, 0) is 17.7 Å². The minimum atomic E-state index is -0.684. The Balaban J connectivity index is 1.71. The summed E-state index contributed by atoms with van der Waals surface area (Å²) in [6.45, 7) is 0. The van der Waals surface area contributed by atoms with E-state index in [1.165, 1.54) is 0 Å². The molecular weight excluding hydrogens is 262 g/mol. The Morgan fingerprint density at radius 3 is 2.81 bits per heavy atom. The van der Waals surface area contributed by atoms with E-state index < -0.39 is 6.10 Å². The maximum atomic E-state index is 10.7. The van der Waals surface area contributed by atoms with Gasteiger partial charge >= 0.3 is 0 Å². The van der Waals surface area contributed by atoms with Gasteiger partial charge in [0.15, 0.2) is 0 Å². The molecule has 21 heavy (non-hydrogen) atoms. The zero-order chi connectivity index (χ0) is 14.2. The third-order valence-corrected chi connectivity index (χ3v) is 4.01. The smallest absolute Gasteiger partial charge is 0.133 e. The van der Waals surface area contributed by atoms with Gasteiger partial charge in [0.2, 0.25) is 0 Å². The standard InChI is InChI=1S/C18H15NO2/c20-18(16-11-13-5-1-2-9-15(13)21-16)14-8-3-6-12-7-4-10-19-17(12)14/h1-10,16,18,20H,11H2. The zero-order valence-electron chi connectivity index (χ0n) is 11.4. The first kappa shape index (κ1) is 12.4. The second-order valence-electron chi connectivity index (χ2n) is 5.34. The van der Waals surface area contributed by atoms with Crippen LogP contribution in [-0.2, 0) is 6.42 Å². The highest BCUT2D eigenvalue weighted by Crippen LogP contribution is 2.35. The molecule has 3 nitrogen and oxygen atoms in total. The minimum Gasteiger partial charge on any atom is -0.487 e. The lowest BCUT2D eigenvalue weighted by molar-refractivity contribution is 0.0501. The van der Waals surface area contributed by atoms with E-state index in [4.69, 9.17) is 4.74 Å². The summed E-state index contributed by atoms with van der Waals surface area (Å²) in [5, 5.41) is 11.8. The van der Waals surface area contributed by atoms with Crippen molar-refractivity contribution in [3.05, 3.63) is 71.9 Å². The van der Waals surface area contributed by atoms with Crippen molar-refractivity contribution >= 4 is 10.9 Å². The van der Waals surface area contributed by atoms with Crippen molar-refractivity contribution in [3.8, 4) is 5.75 Å². The fourth-order valence-corrected chi connectivity index (χ4v) is 2.95. The first-order valence-electron chi connectivity index (χ1n) is 7.09. The van der Waals surface area contributed by atoms with E-state index in [1.54, 1.807) is 6.20 Å². The van der Waals surface area contributed by atoms with Crippen LogP contribution in [0.5, 0.6) is 5.75 Å². The SMILES string of the molecule is OC(c1cccc2cccnc12)C1Cc2ccccc2O1. The number of aromatic nitrogens is 1. The lowest BCUT2D eigenvalue weighted by Crippen LogP contribution is -2.23. The highest BCUT2D eigenvalue weighted by molar-refractivity contribution is 5.81. The predicted octanol–water partition coefficient (Wildman–Crippen LogP) is 3.27. The van der Waals surface area contributed by atoms with E-state index in [-0.39, 0.29) is 6.10 Å². The van der Waals surface area contributed by atoms with E-state index in [0.29, 0.717) is 0 Å². The lowest BCUT2D eigenvalue weighted by atomic mass is 9.98. The summed E-state index contributed by atoms with van der Waals surface area (Å²) in [5.41, 5.74) is 2.81. The molecule has 2 unspecified atom stereocenters. The highest BCUT2D eigenvalue weighted by atomic mass is 16.5. The van der Waals surface area contributed by atoms with Crippen LogP contribution < -0.4 is 4.74 Å². The Hall–Kier alpha value is -2.39. The summed E-state index contributed by atoms with van der Waals surface area (Å²) in [4.78, 5) is 4.41. The molecule has 0 radical (unpaired) electrons. The van der Waals surface area contributed by atoms with Gasteiger partial charge in [0.1, 0.15) is 18.0 Å². The van der Waals surface area contributed by atoms with E-state index in [9.17, 15) is 5.11 Å². The molecule has 1 aliphatic rings. The Morgan fingerprint density at radius 1 is 1.05 bits per heavy atom. The molecule has 0 bridgehead atoms. The maximum Gasteiger partial charge on any atom is 0.133 e. The number of para-hydroxylation sites is 2. The first-order chi connectivity index (χ1) is 10.3. The average molecular weight is 277 g/mol. The van der Waals surface area contributed by atoms with E-state index >= 15 is 0 Å². The average Bonchev–Trinajstić information content (AvgIpc) is 2.97. The van der Waals surface area contributed by atoms with Crippen LogP contribution in [-0.4, -0.2) is 16.2 Å². The van der Waals surface area contributed by atoms with Crippen LogP contribution in [0.4, 0.5) is 0 Å². The Bertz CT molecular complexity index is 770. The number of hydrogen-bond donors (Lipinski definition) is 1. The molecule has 2 heterocycles. The number of nitrogens with zero attached hydrogens (tertiary/aromatic N) is 1. The van der Waals surface area contributed by atoms with E-state index in [2.05, 4.69) is 4.98 Å². The molecule has 1 aromatic heterocycles. The van der Waals surface area contributed by atoms with Gasteiger partial charge in [0.05, 0.1) is 5.52 Å². The van der Waals surface area contributed by atoms with Crippen molar-refractivity contribution in [1.82, 2.24) is 4.98 Å². The fourth-order valence-electron chi connectivity index (χ4n) is 2.95. The van der Waals surface area contributed by atoms with Crippen LogP contribution >= 0.6 is 0 Å². The summed E-state index contributed by atoms with van der Waals surface area (Å²) >= 11 is 0. The molecule has 3 aromatic rings. The number of aliphatic hydroxyl groups is 1. The number of rotatable bonds is 2. The van der Waals surface area contributed by atoms with Gasteiger partial charge in [-0.1, -0.05) is 42.5 Å². The molecule has 0 aliphatic carbocycles. The Kier molecular flexibility index (Phi) is 2.86. The van der Waals surface area contributed by atoms with Gasteiger partial charge in [0, 0.05) is 23.6 Å². The predicted molar refractivity (Wildman–Crippen MR) is 81.3 cm³/mol. The second kappa shape index (κ2) is 4.86. The highest BCUT2D eigenvalue weighted by Gasteiger charge is 2.30. The van der Waals surface area contributed by atoms with Crippen LogP contribution in [0.25, 0.3) is 10.9 Å². The van der Waals surface area contributed by atoms with Crippen LogP contribution in [0.15, 0.2) is 60.8 Å². The van der Waals surface area contributed by atoms with Gasteiger partial charge in [-0.3, -0.25) is 4.98 Å². The molecule has 1 aliphatic heterocycles. The van der Waals surface area contributed by atoms with Crippen molar-refractivity contribution in [1.29, 1.82) is 0 Å². The van der Waals surface area contributed by atoms with Gasteiger partial charge in [-0.2, -0.15) is 0 Å². The number of pyridine rings is 1. The summed E-state index contributed by atoms with van der Waals surface area (Å²) < 4.78 is 5.89. The number of fused-ring (bicyclic) bond motifs is 2. The lowest BCUT2D eigenvalue weighted by Gasteiger charge is -2.19. The monoisotopic (exact) mass is 277 g/mol. The Labute approximate surface area is 122 Å². The molecule has 2 atom stereocenters. The number of benzene rings is 2. The Morgan fingerprint density at radius 2 is 1.90 bits per heavy atom. The van der Waals surface area contributed by atoms with Crippen molar-refractivity contribution < 1.29 is 9.84 Å². The molecule has 0 saturated carbocycles. The van der Waals surface area contributed by atoms with E-state index in [0.717, 1.165) is 34.2 Å². The molecule has 2 aromatic carbocycles. The van der Waals surface area contributed by atoms with Gasteiger partial charge in [0.25, 0.3) is 0 Å². The number of ether oxygens (including phenoxy) is 1. The molecule has 0 amide bonds. The topological polar surface area (TPSA) is 42.4 Å². The fraction of sp³-hybridized carbons (Fsp3) is 0.167. The summed E-state index contributed by atoms with van der Waals surface area (Å²) in [6, 6.07) is 17.7. The maximum absolute atomic E-state index is 10.7. The summed E-state index contributed by atoms with van der Waals surface area (Å²) in [6.07, 6.45) is 1.54. The first-order valence-corrected chi connectivity index (χ1v) is 7.09. The third-order valence-electron chi connectivity index (χ3n) is 4.01.